The Bertz CT molecular complexity index is 343. The summed E-state index contributed by atoms with van der Waals surface area (Å²) in [5.74, 6) is 1.44. The largest absolute Gasteiger partial charge is 0.481 e. The van der Waals surface area contributed by atoms with E-state index in [1.54, 1.807) is 13.2 Å². The fourth-order valence-corrected chi connectivity index (χ4v) is 1.65. The predicted molar refractivity (Wildman–Crippen MR) is 70.2 cm³/mol. The molecule has 1 rings (SSSR count). The molecule has 1 aromatic rings. The molecule has 1 unspecified atom stereocenters. The van der Waals surface area contributed by atoms with Gasteiger partial charge in [-0.3, -0.25) is 0 Å². The van der Waals surface area contributed by atoms with Gasteiger partial charge in [0.25, 0.3) is 0 Å². The van der Waals surface area contributed by atoms with Gasteiger partial charge in [0.15, 0.2) is 0 Å². The van der Waals surface area contributed by atoms with Crippen molar-refractivity contribution in [1.82, 2.24) is 9.97 Å². The van der Waals surface area contributed by atoms with Gasteiger partial charge in [-0.25, -0.2) is 0 Å². The van der Waals surface area contributed by atoms with Crippen molar-refractivity contribution in [2.24, 2.45) is 0 Å². The third-order valence-corrected chi connectivity index (χ3v) is 2.56. The number of anilines is 2. The normalized spacial score (nSPS) is 12.2. The Morgan fingerprint density at radius 3 is 2.82 bits per heavy atom. The first-order valence-corrected chi connectivity index (χ1v) is 6.10. The second kappa shape index (κ2) is 6.93. The van der Waals surface area contributed by atoms with E-state index < -0.39 is 0 Å². The van der Waals surface area contributed by atoms with Crippen LogP contribution < -0.4 is 15.8 Å². The third kappa shape index (κ3) is 4.89. The number of nitrogens with two attached hydrogens (primary N) is 1. The lowest BCUT2D eigenvalue weighted by Gasteiger charge is -2.14. The first-order chi connectivity index (χ1) is 8.15. The minimum atomic E-state index is 0.229. The smallest absolute Gasteiger partial charge is 0.225 e. The lowest BCUT2D eigenvalue weighted by atomic mass is 10.1. The quantitative estimate of drug-likeness (QED) is 0.714. The minimum absolute atomic E-state index is 0.229. The summed E-state index contributed by atoms with van der Waals surface area (Å²) in [5, 5.41) is 3.31. The zero-order valence-corrected chi connectivity index (χ0v) is 10.9. The molecule has 0 fully saturated rings. The van der Waals surface area contributed by atoms with E-state index in [-0.39, 0.29) is 5.95 Å². The molecule has 0 radical (unpaired) electrons. The van der Waals surface area contributed by atoms with Crippen LogP contribution in [0.2, 0.25) is 0 Å². The van der Waals surface area contributed by atoms with Gasteiger partial charge in [0.05, 0.1) is 7.11 Å². The number of nitrogens with zero attached hydrogens (tertiary/aromatic N) is 2. The first-order valence-electron chi connectivity index (χ1n) is 6.10. The molecule has 17 heavy (non-hydrogen) atoms. The molecule has 1 heterocycles. The van der Waals surface area contributed by atoms with Crippen LogP contribution in [0.3, 0.4) is 0 Å². The fourth-order valence-electron chi connectivity index (χ4n) is 1.65. The number of rotatable bonds is 7. The molecule has 1 aromatic heterocycles. The van der Waals surface area contributed by atoms with Crippen LogP contribution in [0, 0.1) is 0 Å². The summed E-state index contributed by atoms with van der Waals surface area (Å²) in [5.41, 5.74) is 5.59. The Morgan fingerprint density at radius 2 is 2.18 bits per heavy atom. The summed E-state index contributed by atoms with van der Waals surface area (Å²) in [7, 11) is 1.57. The van der Waals surface area contributed by atoms with E-state index in [1.165, 1.54) is 19.3 Å². The van der Waals surface area contributed by atoms with Crippen LogP contribution in [0.15, 0.2) is 6.07 Å². The standard InChI is InChI=1S/C12H22N4O/c1-4-5-6-7-9(2)14-10-8-11(17-3)16-12(13)15-10/h8-9H,4-7H2,1-3H3,(H3,13,14,15,16). The van der Waals surface area contributed by atoms with Gasteiger partial charge in [0.1, 0.15) is 5.82 Å². The van der Waals surface area contributed by atoms with Crippen molar-refractivity contribution in [2.45, 2.75) is 45.6 Å². The average molecular weight is 238 g/mol. The van der Waals surface area contributed by atoms with Crippen molar-refractivity contribution in [1.29, 1.82) is 0 Å². The van der Waals surface area contributed by atoms with Crippen molar-refractivity contribution < 1.29 is 4.74 Å². The number of unbranched alkanes of at least 4 members (excludes halogenated alkanes) is 2. The number of hydrogen-bond donors (Lipinski definition) is 2. The van der Waals surface area contributed by atoms with Gasteiger partial charge in [-0.05, 0) is 13.3 Å². The van der Waals surface area contributed by atoms with Crippen LogP contribution in [0.25, 0.3) is 0 Å². The number of methoxy groups -OCH3 is 1. The Kier molecular flexibility index (Phi) is 5.52. The van der Waals surface area contributed by atoms with Gasteiger partial charge in [-0.1, -0.05) is 26.2 Å². The van der Waals surface area contributed by atoms with E-state index in [1.807, 2.05) is 0 Å². The second-order valence-electron chi connectivity index (χ2n) is 4.19. The maximum atomic E-state index is 5.59. The fraction of sp³-hybridized carbons (Fsp3) is 0.667. The van der Waals surface area contributed by atoms with Crippen LogP contribution in [0.1, 0.15) is 39.5 Å². The topological polar surface area (TPSA) is 73.1 Å². The van der Waals surface area contributed by atoms with Crippen molar-refractivity contribution in [2.75, 3.05) is 18.2 Å². The highest BCUT2D eigenvalue weighted by atomic mass is 16.5. The van der Waals surface area contributed by atoms with E-state index in [4.69, 9.17) is 10.5 Å². The predicted octanol–water partition coefficient (Wildman–Crippen LogP) is 2.45. The molecule has 0 saturated heterocycles. The summed E-state index contributed by atoms with van der Waals surface area (Å²) in [6.45, 7) is 4.34. The van der Waals surface area contributed by atoms with E-state index in [2.05, 4.69) is 29.1 Å². The molecule has 0 aliphatic carbocycles. The zero-order valence-electron chi connectivity index (χ0n) is 10.9. The van der Waals surface area contributed by atoms with Crippen LogP contribution in [-0.4, -0.2) is 23.1 Å². The summed E-state index contributed by atoms with van der Waals surface area (Å²) >= 11 is 0. The molecule has 0 saturated carbocycles. The van der Waals surface area contributed by atoms with Crippen molar-refractivity contribution >= 4 is 11.8 Å². The summed E-state index contributed by atoms with van der Waals surface area (Å²) in [6, 6.07) is 2.13. The van der Waals surface area contributed by atoms with Crippen LogP contribution >= 0.6 is 0 Å². The molecule has 5 nitrogen and oxygen atoms in total. The van der Waals surface area contributed by atoms with Crippen LogP contribution in [0.4, 0.5) is 11.8 Å². The Morgan fingerprint density at radius 1 is 1.41 bits per heavy atom. The highest BCUT2D eigenvalue weighted by molar-refractivity contribution is 5.43. The van der Waals surface area contributed by atoms with Gasteiger partial charge >= 0.3 is 0 Å². The van der Waals surface area contributed by atoms with Crippen molar-refractivity contribution in [3.63, 3.8) is 0 Å². The SMILES string of the molecule is CCCCCC(C)Nc1cc(OC)nc(N)n1. The Hall–Kier alpha value is -1.52. The van der Waals surface area contributed by atoms with Gasteiger partial charge in [0.2, 0.25) is 11.8 Å². The number of nitrogen functional groups attached to an aromatic ring is 1. The van der Waals surface area contributed by atoms with Crippen LogP contribution in [0.5, 0.6) is 5.88 Å². The molecule has 0 spiro atoms. The maximum Gasteiger partial charge on any atom is 0.225 e. The Balaban J connectivity index is 2.52. The highest BCUT2D eigenvalue weighted by Gasteiger charge is 2.06. The molecule has 5 heteroatoms. The molecule has 0 aliphatic heterocycles. The van der Waals surface area contributed by atoms with E-state index in [0.29, 0.717) is 11.9 Å². The number of aromatic nitrogens is 2. The number of hydrogen-bond acceptors (Lipinski definition) is 5. The maximum absolute atomic E-state index is 5.59. The second-order valence-corrected chi connectivity index (χ2v) is 4.19. The van der Waals surface area contributed by atoms with Gasteiger partial charge in [-0.2, -0.15) is 9.97 Å². The third-order valence-electron chi connectivity index (χ3n) is 2.56. The summed E-state index contributed by atoms with van der Waals surface area (Å²) in [6.07, 6.45) is 4.85. The molecule has 0 bridgehead atoms. The molecular formula is C12H22N4O. The lowest BCUT2D eigenvalue weighted by Crippen LogP contribution is -2.16. The Labute approximate surface area is 103 Å². The molecule has 96 valence electrons. The van der Waals surface area contributed by atoms with Gasteiger partial charge < -0.3 is 15.8 Å². The zero-order chi connectivity index (χ0) is 12.7. The van der Waals surface area contributed by atoms with Gasteiger partial charge in [0, 0.05) is 12.1 Å². The number of nitrogens with one attached hydrogen (secondary N) is 1. The van der Waals surface area contributed by atoms with Crippen molar-refractivity contribution in [3.05, 3.63) is 6.07 Å². The number of ether oxygens (including phenoxy) is 1. The summed E-state index contributed by atoms with van der Waals surface area (Å²) < 4.78 is 5.04. The molecular weight excluding hydrogens is 216 g/mol. The molecule has 1 atom stereocenters. The van der Waals surface area contributed by atoms with Crippen molar-refractivity contribution in [3.8, 4) is 5.88 Å². The molecule has 0 aromatic carbocycles. The summed E-state index contributed by atoms with van der Waals surface area (Å²) in [4.78, 5) is 8.07. The van der Waals surface area contributed by atoms with E-state index in [0.717, 1.165) is 12.2 Å². The van der Waals surface area contributed by atoms with Gasteiger partial charge in [-0.15, -0.1) is 0 Å². The molecule has 0 amide bonds. The minimum Gasteiger partial charge on any atom is -0.481 e. The molecule has 3 N–H and O–H groups in total. The van der Waals surface area contributed by atoms with Crippen LogP contribution in [-0.2, 0) is 0 Å². The average Bonchev–Trinajstić information content (AvgIpc) is 2.28. The monoisotopic (exact) mass is 238 g/mol. The molecule has 0 aliphatic rings. The van der Waals surface area contributed by atoms with E-state index >= 15 is 0 Å². The first kappa shape index (κ1) is 13.5. The lowest BCUT2D eigenvalue weighted by molar-refractivity contribution is 0.398. The van der Waals surface area contributed by atoms with E-state index in [9.17, 15) is 0 Å². The highest BCUT2D eigenvalue weighted by Crippen LogP contribution is 2.16.